The predicted molar refractivity (Wildman–Crippen MR) is 59.3 cm³/mol. The Hall–Kier alpha value is -1.96. The Morgan fingerprint density at radius 2 is 2.41 bits per heavy atom. The van der Waals surface area contributed by atoms with Crippen LogP contribution in [0.5, 0.6) is 0 Å². The Labute approximate surface area is 97.0 Å². The van der Waals surface area contributed by atoms with Crippen LogP contribution in [0.15, 0.2) is 6.20 Å². The number of nitrogen functional groups attached to an aromatic ring is 1. The number of hydrogen-bond donors (Lipinski definition) is 3. The molecule has 0 aliphatic carbocycles. The van der Waals surface area contributed by atoms with Crippen molar-refractivity contribution >= 4 is 17.7 Å². The Morgan fingerprint density at radius 1 is 1.65 bits per heavy atom. The summed E-state index contributed by atoms with van der Waals surface area (Å²) in [6.45, 7) is 0.902. The van der Waals surface area contributed by atoms with E-state index in [9.17, 15) is 9.18 Å². The van der Waals surface area contributed by atoms with Gasteiger partial charge in [0, 0.05) is 13.1 Å². The largest absolute Gasteiger partial charge is 0.369 e. The van der Waals surface area contributed by atoms with Gasteiger partial charge in [-0.15, -0.1) is 0 Å². The quantitative estimate of drug-likeness (QED) is 0.472. The van der Waals surface area contributed by atoms with E-state index in [1.165, 1.54) is 0 Å². The van der Waals surface area contributed by atoms with Gasteiger partial charge in [-0.3, -0.25) is 10.2 Å². The number of carbonyl (C=O) groups excluding carboxylic acids is 1. The summed E-state index contributed by atoms with van der Waals surface area (Å²) in [5.74, 6) is 4.23. The highest BCUT2D eigenvalue weighted by Crippen LogP contribution is 2.24. The molecule has 0 aromatic carbocycles. The Balaban J connectivity index is 2.20. The van der Waals surface area contributed by atoms with E-state index >= 15 is 0 Å². The molecule has 5 N–H and O–H groups in total. The molecule has 0 radical (unpaired) electrons. The molecule has 1 saturated heterocycles. The number of halogens is 1. The van der Waals surface area contributed by atoms with Gasteiger partial charge >= 0.3 is 0 Å². The van der Waals surface area contributed by atoms with Crippen molar-refractivity contribution in [3.63, 3.8) is 0 Å². The summed E-state index contributed by atoms with van der Waals surface area (Å²) in [7, 11) is 0. The lowest BCUT2D eigenvalue weighted by Crippen LogP contribution is -2.28. The van der Waals surface area contributed by atoms with Crippen molar-refractivity contribution in [2.45, 2.75) is 6.42 Å². The van der Waals surface area contributed by atoms with Crippen LogP contribution in [0.2, 0.25) is 0 Å². The molecule has 1 aromatic heterocycles. The van der Waals surface area contributed by atoms with Crippen molar-refractivity contribution < 1.29 is 9.18 Å². The number of amides is 1. The van der Waals surface area contributed by atoms with Crippen LogP contribution >= 0.6 is 0 Å². The van der Waals surface area contributed by atoms with E-state index in [1.54, 1.807) is 4.90 Å². The molecule has 1 aliphatic rings. The van der Waals surface area contributed by atoms with Gasteiger partial charge in [0.2, 0.25) is 11.9 Å². The van der Waals surface area contributed by atoms with Crippen LogP contribution in [0.25, 0.3) is 0 Å². The third kappa shape index (κ3) is 2.26. The molecule has 1 aliphatic heterocycles. The number of nitrogens with two attached hydrogens (primary N) is 2. The zero-order chi connectivity index (χ0) is 12.4. The molecule has 92 valence electrons. The summed E-state index contributed by atoms with van der Waals surface area (Å²) in [6.07, 6.45) is 1.64. The summed E-state index contributed by atoms with van der Waals surface area (Å²) in [4.78, 5) is 20.2. The highest BCUT2D eigenvalue weighted by molar-refractivity contribution is 5.78. The van der Waals surface area contributed by atoms with Gasteiger partial charge in [-0.2, -0.15) is 4.98 Å². The van der Waals surface area contributed by atoms with E-state index in [-0.39, 0.29) is 23.6 Å². The molecule has 1 fully saturated rings. The highest BCUT2D eigenvalue weighted by atomic mass is 19.1. The predicted octanol–water partition coefficient (Wildman–Crippen LogP) is -0.787. The van der Waals surface area contributed by atoms with E-state index in [1.807, 2.05) is 0 Å². The summed E-state index contributed by atoms with van der Waals surface area (Å²) < 4.78 is 13.5. The van der Waals surface area contributed by atoms with Crippen LogP contribution in [0, 0.1) is 11.7 Å². The normalized spacial score (nSPS) is 19.4. The number of primary amides is 1. The fourth-order valence-electron chi connectivity index (χ4n) is 1.83. The summed E-state index contributed by atoms with van der Waals surface area (Å²) in [5, 5.41) is 0. The molecule has 1 amide bonds. The second-order valence-electron chi connectivity index (χ2n) is 3.84. The molecule has 17 heavy (non-hydrogen) atoms. The molecule has 8 heteroatoms. The molecule has 0 spiro atoms. The van der Waals surface area contributed by atoms with Crippen molar-refractivity contribution in [1.29, 1.82) is 0 Å². The van der Waals surface area contributed by atoms with Gasteiger partial charge < -0.3 is 10.6 Å². The number of carbonyl (C=O) groups is 1. The van der Waals surface area contributed by atoms with Crippen LogP contribution in [0.3, 0.4) is 0 Å². The monoisotopic (exact) mass is 240 g/mol. The first kappa shape index (κ1) is 11.5. The fourth-order valence-corrected chi connectivity index (χ4v) is 1.83. The average Bonchev–Trinajstić information content (AvgIpc) is 2.79. The Bertz CT molecular complexity index is 439. The van der Waals surface area contributed by atoms with Crippen molar-refractivity contribution in [2.75, 3.05) is 23.4 Å². The first-order chi connectivity index (χ1) is 8.11. The number of anilines is 2. The lowest BCUT2D eigenvalue weighted by Gasteiger charge is -2.17. The lowest BCUT2D eigenvalue weighted by molar-refractivity contribution is -0.121. The molecular formula is C9H13FN6O. The van der Waals surface area contributed by atoms with Crippen LogP contribution < -0.4 is 21.9 Å². The van der Waals surface area contributed by atoms with E-state index in [2.05, 4.69) is 15.4 Å². The number of nitrogens with one attached hydrogen (secondary N) is 1. The molecule has 1 unspecified atom stereocenters. The van der Waals surface area contributed by atoms with Crippen molar-refractivity contribution in [3.8, 4) is 0 Å². The standard InChI is InChI=1S/C9H13FN6O/c10-6-3-13-9(15-12)14-8(6)16-2-1-5(4-16)7(11)17/h3,5H,1-2,4,12H2,(H2,11,17)(H,13,14,15). The van der Waals surface area contributed by atoms with Crippen molar-refractivity contribution in [3.05, 3.63) is 12.0 Å². The van der Waals surface area contributed by atoms with E-state index in [0.717, 1.165) is 6.20 Å². The number of aromatic nitrogens is 2. The zero-order valence-corrected chi connectivity index (χ0v) is 9.06. The molecule has 0 saturated carbocycles. The SMILES string of the molecule is NNc1ncc(F)c(N2CCC(C(N)=O)C2)n1. The van der Waals surface area contributed by atoms with Gasteiger partial charge in [-0.1, -0.05) is 0 Å². The Kier molecular flexibility index (Phi) is 3.05. The first-order valence-corrected chi connectivity index (χ1v) is 5.15. The fraction of sp³-hybridized carbons (Fsp3) is 0.444. The van der Waals surface area contributed by atoms with Crippen LogP contribution in [0.4, 0.5) is 16.2 Å². The minimum Gasteiger partial charge on any atom is -0.369 e. The topological polar surface area (TPSA) is 110 Å². The molecule has 2 rings (SSSR count). The minimum atomic E-state index is -0.547. The van der Waals surface area contributed by atoms with E-state index in [4.69, 9.17) is 11.6 Å². The van der Waals surface area contributed by atoms with E-state index in [0.29, 0.717) is 19.5 Å². The third-order valence-corrected chi connectivity index (χ3v) is 2.74. The maximum Gasteiger partial charge on any atom is 0.239 e. The second-order valence-corrected chi connectivity index (χ2v) is 3.84. The van der Waals surface area contributed by atoms with Gasteiger partial charge in [0.15, 0.2) is 11.6 Å². The van der Waals surface area contributed by atoms with Gasteiger partial charge in [0.05, 0.1) is 12.1 Å². The summed E-state index contributed by atoms with van der Waals surface area (Å²) in [5.41, 5.74) is 7.45. The van der Waals surface area contributed by atoms with Crippen LogP contribution in [0.1, 0.15) is 6.42 Å². The third-order valence-electron chi connectivity index (χ3n) is 2.74. The number of hydrogen-bond acceptors (Lipinski definition) is 6. The number of nitrogens with zero attached hydrogens (tertiary/aromatic N) is 3. The molecule has 1 atom stereocenters. The molecule has 1 aromatic rings. The molecular weight excluding hydrogens is 227 g/mol. The average molecular weight is 240 g/mol. The molecule has 0 bridgehead atoms. The lowest BCUT2D eigenvalue weighted by atomic mass is 10.1. The maximum absolute atomic E-state index is 13.5. The van der Waals surface area contributed by atoms with Crippen LogP contribution in [-0.4, -0.2) is 29.0 Å². The van der Waals surface area contributed by atoms with Crippen molar-refractivity contribution in [2.24, 2.45) is 17.5 Å². The number of hydrazine groups is 1. The summed E-state index contributed by atoms with van der Waals surface area (Å²) >= 11 is 0. The molecule has 7 nitrogen and oxygen atoms in total. The smallest absolute Gasteiger partial charge is 0.239 e. The van der Waals surface area contributed by atoms with Gasteiger partial charge in [0.25, 0.3) is 0 Å². The van der Waals surface area contributed by atoms with Gasteiger partial charge in [-0.05, 0) is 6.42 Å². The first-order valence-electron chi connectivity index (χ1n) is 5.15. The maximum atomic E-state index is 13.5. The zero-order valence-electron chi connectivity index (χ0n) is 9.06. The molecule has 2 heterocycles. The van der Waals surface area contributed by atoms with Gasteiger partial charge in [0.1, 0.15) is 0 Å². The second kappa shape index (κ2) is 4.50. The highest BCUT2D eigenvalue weighted by Gasteiger charge is 2.29. The van der Waals surface area contributed by atoms with Gasteiger partial charge in [-0.25, -0.2) is 15.2 Å². The van der Waals surface area contributed by atoms with Crippen molar-refractivity contribution in [1.82, 2.24) is 9.97 Å². The van der Waals surface area contributed by atoms with Crippen LogP contribution in [-0.2, 0) is 4.79 Å². The Morgan fingerprint density at radius 3 is 3.00 bits per heavy atom. The number of rotatable bonds is 3. The summed E-state index contributed by atoms with van der Waals surface area (Å²) in [6, 6.07) is 0. The minimum absolute atomic E-state index is 0.129. The van der Waals surface area contributed by atoms with E-state index < -0.39 is 5.82 Å².